The van der Waals surface area contributed by atoms with E-state index in [0.29, 0.717) is 38.1 Å². The molecule has 0 amide bonds. The molecule has 5 nitrogen and oxygen atoms in total. The topological polar surface area (TPSA) is 82.3 Å². The highest BCUT2D eigenvalue weighted by Crippen LogP contribution is 2.26. The molecule has 2 N–H and O–H groups in total. The number of hydrogen-bond donors (Lipinski definition) is 2. The van der Waals surface area contributed by atoms with Gasteiger partial charge in [0.1, 0.15) is 12.4 Å². The summed E-state index contributed by atoms with van der Waals surface area (Å²) < 4.78 is 5.83. The number of hydrogen-bond acceptors (Lipinski definition) is 4. The summed E-state index contributed by atoms with van der Waals surface area (Å²) in [5.41, 5.74) is 1.86. The lowest BCUT2D eigenvalue weighted by Gasteiger charge is -2.27. The Balaban J connectivity index is 1.93. The quantitative estimate of drug-likeness (QED) is 0.661. The monoisotopic (exact) mass is 366 g/mol. The number of aliphatic carboxylic acids is 1. The average molecular weight is 366 g/mol. The Morgan fingerprint density at radius 2 is 1.85 bits per heavy atom. The molecule has 0 fully saturated rings. The smallest absolute Gasteiger partial charge is 0.310 e. The number of carboxylic acids is 1. The summed E-state index contributed by atoms with van der Waals surface area (Å²) in [5, 5.41) is 21.7. The Morgan fingerprint density at radius 3 is 2.52 bits per heavy atom. The van der Waals surface area contributed by atoms with Gasteiger partial charge in [-0.25, -0.2) is 0 Å². The molecule has 0 radical (unpaired) electrons. The Hall–Kier alpha value is -2.84. The number of nitriles is 1. The zero-order valence-electron chi connectivity index (χ0n) is 15.9. The molecule has 0 atom stereocenters. The maximum absolute atomic E-state index is 11.6. The molecule has 0 aliphatic heterocycles. The number of benzene rings is 2. The van der Waals surface area contributed by atoms with Crippen LogP contribution in [0.4, 0.5) is 0 Å². The van der Waals surface area contributed by atoms with Gasteiger partial charge in [-0.1, -0.05) is 38.1 Å². The highest BCUT2D eigenvalue weighted by Gasteiger charge is 2.34. The summed E-state index contributed by atoms with van der Waals surface area (Å²) in [6.07, 6.45) is 1.19. The van der Waals surface area contributed by atoms with E-state index in [1.54, 1.807) is 6.07 Å². The molecule has 0 saturated carbocycles. The van der Waals surface area contributed by atoms with Gasteiger partial charge in [0.2, 0.25) is 0 Å². The van der Waals surface area contributed by atoms with Crippen molar-refractivity contribution in [3.8, 4) is 11.8 Å². The average Bonchev–Trinajstić information content (AvgIpc) is 2.70. The molecule has 0 aromatic heterocycles. The molecule has 0 aliphatic carbocycles. The number of nitrogens with zero attached hydrogens (tertiary/aromatic N) is 1. The van der Waals surface area contributed by atoms with E-state index in [4.69, 9.17) is 10.00 Å². The van der Waals surface area contributed by atoms with Gasteiger partial charge in [0.05, 0.1) is 17.0 Å². The molecule has 0 unspecified atom stereocenters. The van der Waals surface area contributed by atoms with Crippen LogP contribution in [0.3, 0.4) is 0 Å². The predicted octanol–water partition coefficient (Wildman–Crippen LogP) is 4.12. The minimum atomic E-state index is -0.753. The standard InChI is InChI=1S/C22H26N2O3/c1-3-22(4-2,21(25)26)16-24-14-18-8-6-10-20(12-18)27-15-19-9-5-7-17(11-19)13-23/h5-12,24H,3-4,14-16H2,1-2H3,(H,25,26). The Kier molecular flexibility index (Phi) is 7.39. The zero-order valence-corrected chi connectivity index (χ0v) is 15.9. The van der Waals surface area contributed by atoms with Crippen molar-refractivity contribution in [2.45, 2.75) is 39.8 Å². The molecule has 27 heavy (non-hydrogen) atoms. The molecule has 0 saturated heterocycles. The van der Waals surface area contributed by atoms with Gasteiger partial charge in [-0.05, 0) is 48.2 Å². The number of carboxylic acid groups (broad SMARTS) is 1. The molecule has 0 aliphatic rings. The van der Waals surface area contributed by atoms with E-state index in [9.17, 15) is 9.90 Å². The first kappa shape index (κ1) is 20.5. The van der Waals surface area contributed by atoms with Gasteiger partial charge in [0.15, 0.2) is 0 Å². The predicted molar refractivity (Wildman–Crippen MR) is 104 cm³/mol. The van der Waals surface area contributed by atoms with Gasteiger partial charge < -0.3 is 15.2 Å². The van der Waals surface area contributed by atoms with Crippen LogP contribution < -0.4 is 10.1 Å². The molecule has 0 bridgehead atoms. The zero-order chi connectivity index (χ0) is 19.7. The molecule has 2 aromatic rings. The van der Waals surface area contributed by atoms with Crippen LogP contribution in [0.15, 0.2) is 48.5 Å². The third-order valence-electron chi connectivity index (χ3n) is 4.96. The second-order valence-corrected chi connectivity index (χ2v) is 6.64. The summed E-state index contributed by atoms with van der Waals surface area (Å²) in [4.78, 5) is 11.6. The summed E-state index contributed by atoms with van der Waals surface area (Å²) in [5.74, 6) is -0.0103. The lowest BCUT2D eigenvalue weighted by Crippen LogP contribution is -2.40. The first-order chi connectivity index (χ1) is 13.0. The van der Waals surface area contributed by atoms with Crippen LogP contribution in [-0.4, -0.2) is 17.6 Å². The molecular weight excluding hydrogens is 340 g/mol. The first-order valence-electron chi connectivity index (χ1n) is 9.18. The van der Waals surface area contributed by atoms with Crippen molar-refractivity contribution in [2.24, 2.45) is 5.41 Å². The number of carbonyl (C=O) groups is 1. The van der Waals surface area contributed by atoms with Gasteiger partial charge in [0, 0.05) is 13.1 Å². The van der Waals surface area contributed by atoms with Crippen LogP contribution in [0.1, 0.15) is 43.4 Å². The van der Waals surface area contributed by atoms with Gasteiger partial charge in [-0.15, -0.1) is 0 Å². The van der Waals surface area contributed by atoms with E-state index in [2.05, 4.69) is 11.4 Å². The fourth-order valence-electron chi connectivity index (χ4n) is 2.97. The highest BCUT2D eigenvalue weighted by atomic mass is 16.5. The van der Waals surface area contributed by atoms with Crippen LogP contribution in [-0.2, 0) is 17.9 Å². The SMILES string of the molecule is CCC(CC)(CNCc1cccc(OCc2cccc(C#N)c2)c1)C(=O)O. The van der Waals surface area contributed by atoms with Gasteiger partial charge in [0.25, 0.3) is 0 Å². The largest absolute Gasteiger partial charge is 0.489 e. The van der Waals surface area contributed by atoms with E-state index in [0.717, 1.165) is 16.9 Å². The summed E-state index contributed by atoms with van der Waals surface area (Å²) in [6.45, 7) is 5.22. The third kappa shape index (κ3) is 5.57. The van der Waals surface area contributed by atoms with Crippen molar-refractivity contribution in [1.29, 1.82) is 5.26 Å². The molecule has 2 rings (SSSR count). The molecule has 0 spiro atoms. The van der Waals surface area contributed by atoms with E-state index in [-0.39, 0.29) is 0 Å². The van der Waals surface area contributed by atoms with E-state index in [1.807, 2.05) is 56.3 Å². The lowest BCUT2D eigenvalue weighted by atomic mass is 9.82. The van der Waals surface area contributed by atoms with Crippen LogP contribution in [0.25, 0.3) is 0 Å². The number of rotatable bonds is 10. The van der Waals surface area contributed by atoms with Gasteiger partial charge in [-0.3, -0.25) is 4.79 Å². The second kappa shape index (κ2) is 9.75. The minimum absolute atomic E-state index is 0.389. The highest BCUT2D eigenvalue weighted by molar-refractivity contribution is 5.74. The van der Waals surface area contributed by atoms with Crippen LogP contribution >= 0.6 is 0 Å². The molecule has 0 heterocycles. The summed E-state index contributed by atoms with van der Waals surface area (Å²) >= 11 is 0. The van der Waals surface area contributed by atoms with Gasteiger partial charge in [-0.2, -0.15) is 5.26 Å². The second-order valence-electron chi connectivity index (χ2n) is 6.64. The third-order valence-corrected chi connectivity index (χ3v) is 4.96. The molecule has 142 valence electrons. The fraction of sp³-hybridized carbons (Fsp3) is 0.364. The van der Waals surface area contributed by atoms with Crippen LogP contribution in [0.2, 0.25) is 0 Å². The Morgan fingerprint density at radius 1 is 1.15 bits per heavy atom. The van der Waals surface area contributed by atoms with E-state index in [1.165, 1.54) is 0 Å². The van der Waals surface area contributed by atoms with Crippen molar-refractivity contribution in [3.05, 3.63) is 65.2 Å². The maximum atomic E-state index is 11.6. The Bertz CT molecular complexity index is 807. The van der Waals surface area contributed by atoms with Crippen molar-refractivity contribution < 1.29 is 14.6 Å². The van der Waals surface area contributed by atoms with Crippen molar-refractivity contribution in [1.82, 2.24) is 5.32 Å². The number of nitrogens with one attached hydrogen (secondary N) is 1. The maximum Gasteiger partial charge on any atom is 0.310 e. The Labute approximate surface area is 160 Å². The van der Waals surface area contributed by atoms with Crippen molar-refractivity contribution >= 4 is 5.97 Å². The molecule has 5 heteroatoms. The lowest BCUT2D eigenvalue weighted by molar-refractivity contribution is -0.149. The fourth-order valence-corrected chi connectivity index (χ4v) is 2.97. The normalized spacial score (nSPS) is 11.0. The van der Waals surface area contributed by atoms with Crippen molar-refractivity contribution in [3.63, 3.8) is 0 Å². The molecular formula is C22H26N2O3. The number of ether oxygens (including phenoxy) is 1. The van der Waals surface area contributed by atoms with Crippen LogP contribution in [0.5, 0.6) is 5.75 Å². The minimum Gasteiger partial charge on any atom is -0.489 e. The summed E-state index contributed by atoms with van der Waals surface area (Å²) in [6, 6.07) is 17.2. The van der Waals surface area contributed by atoms with Crippen LogP contribution in [0, 0.1) is 16.7 Å². The van der Waals surface area contributed by atoms with Crippen molar-refractivity contribution in [2.75, 3.05) is 6.54 Å². The van der Waals surface area contributed by atoms with E-state index >= 15 is 0 Å². The first-order valence-corrected chi connectivity index (χ1v) is 9.18. The van der Waals surface area contributed by atoms with E-state index < -0.39 is 11.4 Å². The summed E-state index contributed by atoms with van der Waals surface area (Å²) in [7, 11) is 0. The molecule has 2 aromatic carbocycles. The van der Waals surface area contributed by atoms with Gasteiger partial charge >= 0.3 is 5.97 Å².